The van der Waals surface area contributed by atoms with Gasteiger partial charge in [0.1, 0.15) is 12.0 Å². The van der Waals surface area contributed by atoms with Crippen LogP contribution in [0, 0.1) is 17.8 Å². The summed E-state index contributed by atoms with van der Waals surface area (Å²) in [7, 11) is 0. The maximum Gasteiger partial charge on any atom is 0.410 e. The monoisotopic (exact) mass is 351 g/mol. The molecule has 0 spiro atoms. The van der Waals surface area contributed by atoms with E-state index >= 15 is 0 Å². The second kappa shape index (κ2) is 6.14. The minimum atomic E-state index is -4.63. The predicted molar refractivity (Wildman–Crippen MR) is 75.2 cm³/mol. The quantitative estimate of drug-likeness (QED) is 0.732. The number of piperidine rings is 1. The highest BCUT2D eigenvalue weighted by molar-refractivity contribution is 5.86. The summed E-state index contributed by atoms with van der Waals surface area (Å²) < 4.78 is 41.2. The Balaban J connectivity index is 1.72. The van der Waals surface area contributed by atoms with E-state index in [1.54, 1.807) is 26.2 Å². The average molecular weight is 351 g/mol. The number of hydrogen-bond acceptors (Lipinski definition) is 4. The maximum absolute atomic E-state index is 12.0. The number of alkyl halides is 3. The van der Waals surface area contributed by atoms with E-state index in [9.17, 15) is 27.6 Å². The van der Waals surface area contributed by atoms with Crippen molar-refractivity contribution < 1.29 is 32.3 Å². The molecule has 1 saturated carbocycles. The Labute approximate surface area is 136 Å². The molecule has 0 radical (unpaired) electrons. The van der Waals surface area contributed by atoms with Gasteiger partial charge < -0.3 is 9.64 Å². The molecule has 1 saturated heterocycles. The SMILES string of the molecule is CC(C)(C)OC(=O)N1CC2C(C(=O)NNC(=O)CC(F)(F)F)[C@H]2C1. The van der Waals surface area contributed by atoms with E-state index in [0.29, 0.717) is 13.1 Å². The number of rotatable bonds is 2. The number of hydrogen-bond donors (Lipinski definition) is 2. The molecular weight excluding hydrogens is 331 g/mol. The van der Waals surface area contributed by atoms with E-state index in [1.165, 1.54) is 4.90 Å². The third-order valence-corrected chi connectivity index (χ3v) is 3.83. The number of halogens is 3. The zero-order chi connectivity index (χ0) is 18.3. The summed E-state index contributed by atoms with van der Waals surface area (Å²) in [6, 6.07) is 0. The lowest BCUT2D eigenvalue weighted by Gasteiger charge is -2.25. The van der Waals surface area contributed by atoms with E-state index in [0.717, 1.165) is 0 Å². The molecule has 0 bridgehead atoms. The first-order chi connectivity index (χ1) is 10.9. The summed E-state index contributed by atoms with van der Waals surface area (Å²) in [5, 5.41) is 0. The van der Waals surface area contributed by atoms with Gasteiger partial charge in [0.05, 0.1) is 0 Å². The second-order valence-corrected chi connectivity index (χ2v) is 7.07. The lowest BCUT2D eigenvalue weighted by molar-refractivity contribution is -0.155. The van der Waals surface area contributed by atoms with Crippen molar-refractivity contribution in [2.24, 2.45) is 17.8 Å². The number of ether oxygens (including phenoxy) is 1. The molecule has 3 atom stereocenters. The van der Waals surface area contributed by atoms with E-state index in [4.69, 9.17) is 4.74 Å². The number of nitrogens with one attached hydrogen (secondary N) is 2. The smallest absolute Gasteiger partial charge is 0.410 e. The van der Waals surface area contributed by atoms with Gasteiger partial charge in [-0.15, -0.1) is 0 Å². The Hall–Kier alpha value is -2.00. The topological polar surface area (TPSA) is 87.7 Å². The van der Waals surface area contributed by atoms with Crippen LogP contribution >= 0.6 is 0 Å². The number of carbonyl (C=O) groups is 3. The Bertz CT molecular complexity index is 532. The molecule has 10 heteroatoms. The van der Waals surface area contributed by atoms with Crippen LogP contribution in [0.2, 0.25) is 0 Å². The zero-order valence-electron chi connectivity index (χ0n) is 13.6. The fourth-order valence-corrected chi connectivity index (χ4v) is 2.83. The van der Waals surface area contributed by atoms with Gasteiger partial charge in [-0.05, 0) is 32.6 Å². The number of carbonyl (C=O) groups excluding carboxylic acids is 3. The highest BCUT2D eigenvalue weighted by Crippen LogP contribution is 2.51. The molecular formula is C14H20F3N3O4. The van der Waals surface area contributed by atoms with Crippen molar-refractivity contribution in [1.29, 1.82) is 0 Å². The van der Waals surface area contributed by atoms with E-state index in [2.05, 4.69) is 0 Å². The van der Waals surface area contributed by atoms with Gasteiger partial charge in [-0.3, -0.25) is 20.4 Å². The summed E-state index contributed by atoms with van der Waals surface area (Å²) in [5.41, 5.74) is 3.15. The highest BCUT2D eigenvalue weighted by Gasteiger charge is 2.60. The third-order valence-electron chi connectivity index (χ3n) is 3.83. The summed E-state index contributed by atoms with van der Waals surface area (Å²) in [5.74, 6) is -2.38. The molecule has 3 amide bonds. The van der Waals surface area contributed by atoms with E-state index < -0.39 is 42.0 Å². The number of nitrogens with zero attached hydrogens (tertiary/aromatic N) is 1. The molecule has 1 aliphatic heterocycles. The van der Waals surface area contributed by atoms with Crippen LogP contribution in [0.25, 0.3) is 0 Å². The van der Waals surface area contributed by atoms with Crippen molar-refractivity contribution in [3.63, 3.8) is 0 Å². The average Bonchev–Trinajstić information content (AvgIpc) is 2.86. The van der Waals surface area contributed by atoms with Gasteiger partial charge in [0.15, 0.2) is 0 Å². The van der Waals surface area contributed by atoms with Crippen LogP contribution in [-0.4, -0.2) is 47.7 Å². The highest BCUT2D eigenvalue weighted by atomic mass is 19.4. The van der Waals surface area contributed by atoms with Crippen molar-refractivity contribution in [2.45, 2.75) is 39.0 Å². The second-order valence-electron chi connectivity index (χ2n) is 7.07. The van der Waals surface area contributed by atoms with Crippen molar-refractivity contribution >= 4 is 17.9 Å². The fraction of sp³-hybridized carbons (Fsp3) is 0.786. The maximum atomic E-state index is 12.0. The molecule has 2 unspecified atom stereocenters. The molecule has 2 fully saturated rings. The van der Waals surface area contributed by atoms with Crippen molar-refractivity contribution in [1.82, 2.24) is 15.8 Å². The minimum absolute atomic E-state index is 0.0583. The molecule has 136 valence electrons. The molecule has 0 aromatic rings. The van der Waals surface area contributed by atoms with Gasteiger partial charge in [-0.2, -0.15) is 13.2 Å². The van der Waals surface area contributed by atoms with Gasteiger partial charge in [-0.1, -0.05) is 0 Å². The van der Waals surface area contributed by atoms with Crippen LogP contribution in [0.1, 0.15) is 27.2 Å². The molecule has 2 rings (SSSR count). The Morgan fingerprint density at radius 2 is 1.62 bits per heavy atom. The molecule has 24 heavy (non-hydrogen) atoms. The van der Waals surface area contributed by atoms with Crippen LogP contribution < -0.4 is 10.9 Å². The molecule has 1 heterocycles. The summed E-state index contributed by atoms with van der Waals surface area (Å²) in [6.07, 6.45) is -6.73. The minimum Gasteiger partial charge on any atom is -0.444 e. The summed E-state index contributed by atoms with van der Waals surface area (Å²) >= 11 is 0. The van der Waals surface area contributed by atoms with Gasteiger partial charge in [0, 0.05) is 19.0 Å². The van der Waals surface area contributed by atoms with Crippen LogP contribution in [0.3, 0.4) is 0 Å². The molecule has 2 aliphatic rings. The largest absolute Gasteiger partial charge is 0.444 e. The molecule has 1 aliphatic carbocycles. The van der Waals surface area contributed by atoms with Gasteiger partial charge in [0.25, 0.3) is 0 Å². The van der Waals surface area contributed by atoms with Crippen LogP contribution in [0.4, 0.5) is 18.0 Å². The first-order valence-electron chi connectivity index (χ1n) is 7.51. The van der Waals surface area contributed by atoms with Crippen molar-refractivity contribution in [3.05, 3.63) is 0 Å². The summed E-state index contributed by atoms with van der Waals surface area (Å²) in [4.78, 5) is 36.3. The van der Waals surface area contributed by atoms with Gasteiger partial charge >= 0.3 is 12.3 Å². The zero-order valence-corrected chi connectivity index (χ0v) is 13.6. The number of fused-ring (bicyclic) bond motifs is 1. The third kappa shape index (κ3) is 4.75. The Morgan fingerprint density at radius 3 is 2.08 bits per heavy atom. The Morgan fingerprint density at radius 1 is 1.08 bits per heavy atom. The number of likely N-dealkylation sites (tertiary alicyclic amines) is 1. The molecule has 2 N–H and O–H groups in total. The van der Waals surface area contributed by atoms with Crippen molar-refractivity contribution in [2.75, 3.05) is 13.1 Å². The molecule has 0 aromatic carbocycles. The van der Waals surface area contributed by atoms with Gasteiger partial charge in [-0.25, -0.2) is 4.79 Å². The molecule has 7 nitrogen and oxygen atoms in total. The van der Waals surface area contributed by atoms with Gasteiger partial charge in [0.2, 0.25) is 11.8 Å². The lowest BCUT2D eigenvalue weighted by atomic mass is 10.2. The standard InChI is InChI=1S/C14H20F3N3O4/c1-13(2,3)24-12(23)20-5-7-8(6-20)10(7)11(22)19-18-9(21)4-14(15,16)17/h7-8,10H,4-6H2,1-3H3,(H,18,21)(H,19,22)/t7-,8?,10?/m0/s1. The van der Waals surface area contributed by atoms with Crippen LogP contribution in [0.15, 0.2) is 0 Å². The first kappa shape index (κ1) is 18.3. The lowest BCUT2D eigenvalue weighted by Crippen LogP contribution is -2.45. The number of hydrazine groups is 1. The van der Waals surface area contributed by atoms with Crippen LogP contribution in [-0.2, 0) is 14.3 Å². The number of amides is 3. The first-order valence-corrected chi connectivity index (χ1v) is 7.51. The molecule has 0 aromatic heterocycles. The normalized spacial score (nSPS) is 25.8. The van der Waals surface area contributed by atoms with Crippen LogP contribution in [0.5, 0.6) is 0 Å². The van der Waals surface area contributed by atoms with E-state index in [1.807, 2.05) is 5.43 Å². The van der Waals surface area contributed by atoms with Crippen molar-refractivity contribution in [3.8, 4) is 0 Å². The Kier molecular flexibility index (Phi) is 4.69. The fourth-order valence-electron chi connectivity index (χ4n) is 2.83. The predicted octanol–water partition coefficient (Wildman–Crippen LogP) is 1.20. The van der Waals surface area contributed by atoms with E-state index in [-0.39, 0.29) is 11.8 Å². The summed E-state index contributed by atoms with van der Waals surface area (Å²) in [6.45, 7) is 5.97.